The molecule has 1 aromatic heterocycles. The third-order valence-corrected chi connectivity index (χ3v) is 5.81. The van der Waals surface area contributed by atoms with Gasteiger partial charge >= 0.3 is 0 Å². The van der Waals surface area contributed by atoms with Gasteiger partial charge in [-0.25, -0.2) is 17.8 Å². The molecule has 1 N–H and O–H groups in total. The average Bonchev–Trinajstić information content (AvgIpc) is 3.11. The van der Waals surface area contributed by atoms with Gasteiger partial charge in [0, 0.05) is 37.4 Å². The first kappa shape index (κ1) is 19.1. The SMILES string of the molecule is Cc1nn(-c2ccccc2)cc1CN1CC(NS(C)(=O)=O)C(C(C)C)C1. The van der Waals surface area contributed by atoms with Crippen LogP contribution in [0.2, 0.25) is 0 Å². The Bertz CT molecular complexity index is 846. The first-order valence-electron chi connectivity index (χ1n) is 9.03. The molecule has 0 spiro atoms. The lowest BCUT2D eigenvalue weighted by atomic mass is 9.92. The minimum atomic E-state index is -3.20. The molecular weight excluding hydrogens is 348 g/mol. The van der Waals surface area contributed by atoms with E-state index >= 15 is 0 Å². The zero-order valence-electron chi connectivity index (χ0n) is 15.9. The molecule has 0 saturated carbocycles. The van der Waals surface area contributed by atoms with Crippen molar-refractivity contribution in [3.05, 3.63) is 47.8 Å². The van der Waals surface area contributed by atoms with Gasteiger partial charge in [-0.1, -0.05) is 32.0 Å². The summed E-state index contributed by atoms with van der Waals surface area (Å²) in [5, 5.41) is 4.63. The number of aromatic nitrogens is 2. The van der Waals surface area contributed by atoms with Gasteiger partial charge in [-0.3, -0.25) is 4.90 Å². The van der Waals surface area contributed by atoms with Crippen molar-refractivity contribution >= 4 is 10.0 Å². The van der Waals surface area contributed by atoms with Crippen molar-refractivity contribution in [3.8, 4) is 5.69 Å². The molecular formula is C19H28N4O2S. The number of hydrogen-bond donors (Lipinski definition) is 1. The Balaban J connectivity index is 1.74. The number of likely N-dealkylation sites (tertiary alicyclic amines) is 1. The molecule has 7 heteroatoms. The number of para-hydroxylation sites is 1. The van der Waals surface area contributed by atoms with Gasteiger partial charge in [0.2, 0.25) is 10.0 Å². The average molecular weight is 377 g/mol. The Morgan fingerprint density at radius 1 is 1.23 bits per heavy atom. The summed E-state index contributed by atoms with van der Waals surface area (Å²) in [5.41, 5.74) is 3.23. The lowest BCUT2D eigenvalue weighted by Gasteiger charge is -2.21. The fourth-order valence-corrected chi connectivity index (χ4v) is 4.52. The van der Waals surface area contributed by atoms with E-state index in [0.29, 0.717) is 11.8 Å². The van der Waals surface area contributed by atoms with Crippen molar-refractivity contribution in [2.45, 2.75) is 33.4 Å². The molecule has 0 amide bonds. The van der Waals surface area contributed by atoms with Gasteiger partial charge in [0.15, 0.2) is 0 Å². The molecule has 2 atom stereocenters. The Kier molecular flexibility index (Phi) is 5.50. The van der Waals surface area contributed by atoms with E-state index in [-0.39, 0.29) is 6.04 Å². The maximum Gasteiger partial charge on any atom is 0.209 e. The highest BCUT2D eigenvalue weighted by atomic mass is 32.2. The molecule has 6 nitrogen and oxygen atoms in total. The number of nitrogens with zero attached hydrogens (tertiary/aromatic N) is 3. The fourth-order valence-electron chi connectivity index (χ4n) is 3.72. The highest BCUT2D eigenvalue weighted by Crippen LogP contribution is 2.27. The molecule has 1 aliphatic heterocycles. The smallest absolute Gasteiger partial charge is 0.209 e. The van der Waals surface area contributed by atoms with Crippen LogP contribution in [0, 0.1) is 18.8 Å². The molecule has 0 bridgehead atoms. The molecule has 1 fully saturated rings. The third-order valence-electron chi connectivity index (χ3n) is 5.08. The van der Waals surface area contributed by atoms with Crippen molar-refractivity contribution in [2.75, 3.05) is 19.3 Å². The van der Waals surface area contributed by atoms with Crippen LogP contribution in [0.1, 0.15) is 25.1 Å². The molecule has 26 heavy (non-hydrogen) atoms. The quantitative estimate of drug-likeness (QED) is 0.839. The number of aryl methyl sites for hydroxylation is 1. The van der Waals surface area contributed by atoms with Crippen molar-refractivity contribution in [1.29, 1.82) is 0 Å². The van der Waals surface area contributed by atoms with Crippen molar-refractivity contribution in [2.24, 2.45) is 11.8 Å². The largest absolute Gasteiger partial charge is 0.297 e. The zero-order chi connectivity index (χ0) is 18.9. The normalized spacial score (nSPS) is 21.6. The highest BCUT2D eigenvalue weighted by Gasteiger charge is 2.36. The predicted molar refractivity (Wildman–Crippen MR) is 104 cm³/mol. The Labute approximate surface area is 156 Å². The van der Waals surface area contributed by atoms with Gasteiger partial charge < -0.3 is 0 Å². The minimum absolute atomic E-state index is 0.0329. The van der Waals surface area contributed by atoms with E-state index in [0.717, 1.165) is 31.0 Å². The predicted octanol–water partition coefficient (Wildman–Crippen LogP) is 2.19. The summed E-state index contributed by atoms with van der Waals surface area (Å²) in [5.74, 6) is 0.738. The summed E-state index contributed by atoms with van der Waals surface area (Å²) in [6.45, 7) is 8.74. The van der Waals surface area contributed by atoms with Crippen molar-refractivity contribution < 1.29 is 8.42 Å². The number of sulfonamides is 1. The monoisotopic (exact) mass is 376 g/mol. The van der Waals surface area contributed by atoms with E-state index in [2.05, 4.69) is 34.8 Å². The van der Waals surface area contributed by atoms with Crippen LogP contribution in [0.15, 0.2) is 36.5 Å². The molecule has 2 aromatic rings. The Morgan fingerprint density at radius 3 is 2.54 bits per heavy atom. The minimum Gasteiger partial charge on any atom is -0.297 e. The highest BCUT2D eigenvalue weighted by molar-refractivity contribution is 7.88. The van der Waals surface area contributed by atoms with Gasteiger partial charge in [-0.2, -0.15) is 5.10 Å². The van der Waals surface area contributed by atoms with Crippen LogP contribution in [0.5, 0.6) is 0 Å². The molecule has 2 unspecified atom stereocenters. The van der Waals surface area contributed by atoms with Crippen LogP contribution in [0.4, 0.5) is 0 Å². The van der Waals surface area contributed by atoms with Gasteiger partial charge in [0.25, 0.3) is 0 Å². The van der Waals surface area contributed by atoms with Gasteiger partial charge in [0.1, 0.15) is 0 Å². The molecule has 1 aromatic carbocycles. The molecule has 142 valence electrons. The topological polar surface area (TPSA) is 67.2 Å². The third kappa shape index (κ3) is 4.52. The van der Waals surface area contributed by atoms with Crippen molar-refractivity contribution in [1.82, 2.24) is 19.4 Å². The second-order valence-electron chi connectivity index (χ2n) is 7.62. The summed E-state index contributed by atoms with van der Waals surface area (Å²) in [7, 11) is -3.20. The summed E-state index contributed by atoms with van der Waals surface area (Å²) in [4.78, 5) is 2.33. The van der Waals surface area contributed by atoms with E-state index in [1.807, 2.05) is 41.9 Å². The molecule has 3 rings (SSSR count). The summed E-state index contributed by atoms with van der Waals surface area (Å²) in [6.07, 6.45) is 3.31. The number of hydrogen-bond acceptors (Lipinski definition) is 4. The van der Waals surface area contributed by atoms with Crippen LogP contribution in [0.3, 0.4) is 0 Å². The summed E-state index contributed by atoms with van der Waals surface area (Å²) < 4.78 is 28.1. The zero-order valence-corrected chi connectivity index (χ0v) is 16.7. The molecule has 2 heterocycles. The second kappa shape index (κ2) is 7.50. The van der Waals surface area contributed by atoms with Crippen LogP contribution in [0.25, 0.3) is 5.69 Å². The lowest BCUT2D eigenvalue weighted by molar-refractivity contribution is 0.295. The lowest BCUT2D eigenvalue weighted by Crippen LogP contribution is -2.41. The van der Waals surface area contributed by atoms with E-state index < -0.39 is 10.0 Å². The number of benzene rings is 1. The Hall–Kier alpha value is -1.70. The maximum atomic E-state index is 11.7. The van der Waals surface area contributed by atoms with Crippen molar-refractivity contribution in [3.63, 3.8) is 0 Å². The van der Waals surface area contributed by atoms with Crippen LogP contribution in [-0.4, -0.2) is 48.5 Å². The second-order valence-corrected chi connectivity index (χ2v) is 9.40. The number of nitrogens with one attached hydrogen (secondary N) is 1. The fraction of sp³-hybridized carbons (Fsp3) is 0.526. The van der Waals surface area contributed by atoms with E-state index in [4.69, 9.17) is 0 Å². The Morgan fingerprint density at radius 2 is 1.92 bits per heavy atom. The first-order chi connectivity index (χ1) is 12.2. The van der Waals surface area contributed by atoms with E-state index in [1.165, 1.54) is 11.8 Å². The van der Waals surface area contributed by atoms with Crippen LogP contribution in [-0.2, 0) is 16.6 Å². The standard InChI is InChI=1S/C19H28N4O2S/c1-14(2)18-12-22(13-19(18)21-26(4,24)25)10-16-11-23(20-15(16)3)17-8-6-5-7-9-17/h5-9,11,14,18-19,21H,10,12-13H2,1-4H3. The molecule has 1 saturated heterocycles. The van der Waals surface area contributed by atoms with E-state index in [9.17, 15) is 8.42 Å². The summed E-state index contributed by atoms with van der Waals surface area (Å²) >= 11 is 0. The van der Waals surface area contributed by atoms with Crippen LogP contribution >= 0.6 is 0 Å². The van der Waals surface area contributed by atoms with Gasteiger partial charge in [0.05, 0.1) is 17.6 Å². The molecule has 0 radical (unpaired) electrons. The maximum absolute atomic E-state index is 11.7. The van der Waals surface area contributed by atoms with Gasteiger partial charge in [-0.05, 0) is 30.9 Å². The summed E-state index contributed by atoms with van der Waals surface area (Å²) in [6, 6.07) is 10.0. The van der Waals surface area contributed by atoms with Gasteiger partial charge in [-0.15, -0.1) is 0 Å². The number of rotatable bonds is 6. The van der Waals surface area contributed by atoms with Crippen LogP contribution < -0.4 is 4.72 Å². The van der Waals surface area contributed by atoms with E-state index in [1.54, 1.807) is 0 Å². The first-order valence-corrected chi connectivity index (χ1v) is 10.9. The molecule has 0 aliphatic carbocycles. The molecule has 1 aliphatic rings.